The molecule has 0 radical (unpaired) electrons. The van der Waals surface area contributed by atoms with Crippen LogP contribution in [0.15, 0.2) is 284 Å². The standard InChI is InChI=1S/C40H60.C40H56/c2*1-33(2)19-13-23-37(7)27-17-31-39(9)29-15-25-35(5)21-11-12-22-36(6)26-16-30-40(10)32-18-28-38(8)24-14-20-34(3)4/h11-12,15-16,19-22,25-30H,13-14,17-18,23-24,31-32H2,1-10H3;11-12,15-22,25-32H,13-14,23-24H2,1-10H3/b12-11+,25-15+,26-16+,35-21+,36-22+,37-27+,38-28+,39-29+,40-30+;12-11+,25-15+,26-16+,31-17+,32-18+,35-21+,36-22+,37-27+,38-28+,39-29+,40-30+. The van der Waals surface area contributed by atoms with Crippen LogP contribution in [0.3, 0.4) is 0 Å². The molecule has 0 nitrogen and oxygen atoms in total. The molecule has 0 spiro atoms. The van der Waals surface area contributed by atoms with Gasteiger partial charge >= 0.3 is 0 Å². The molecule has 0 heteroatoms. The van der Waals surface area contributed by atoms with Crippen LogP contribution in [0.2, 0.25) is 0 Å². The highest BCUT2D eigenvalue weighted by atomic mass is 14.0. The lowest BCUT2D eigenvalue weighted by atomic mass is 10.1. The van der Waals surface area contributed by atoms with Crippen LogP contribution >= 0.6 is 0 Å². The molecule has 0 aliphatic carbocycles. The number of hydrogen-bond donors (Lipinski definition) is 0. The average molecular weight is 1080 g/mol. The first-order valence-corrected chi connectivity index (χ1v) is 29.9. The monoisotopic (exact) mass is 1080 g/mol. The van der Waals surface area contributed by atoms with Crippen molar-refractivity contribution in [2.75, 3.05) is 0 Å². The Balaban J connectivity index is 0. The smallest absolute Gasteiger partial charge is 0.0285 e. The molecular weight excluding hydrogens is 961 g/mol. The van der Waals surface area contributed by atoms with Crippen molar-refractivity contribution in [2.45, 2.75) is 216 Å². The maximum Gasteiger partial charge on any atom is -0.0285 e. The summed E-state index contributed by atoms with van der Waals surface area (Å²) in [5.41, 5.74) is 21.6. The first kappa shape index (κ1) is 75.8. The van der Waals surface area contributed by atoms with Gasteiger partial charge in [0.1, 0.15) is 0 Å². The van der Waals surface area contributed by atoms with Crippen LogP contribution in [0.25, 0.3) is 0 Å². The number of allylic oxidation sites excluding steroid dienone is 48. The Morgan fingerprint density at radius 2 is 0.338 bits per heavy atom. The van der Waals surface area contributed by atoms with E-state index in [2.05, 4.69) is 333 Å². The Kier molecular flexibility index (Phi) is 48.3. The fourth-order valence-corrected chi connectivity index (χ4v) is 7.31. The summed E-state index contributed by atoms with van der Waals surface area (Å²) in [6, 6.07) is 0. The van der Waals surface area contributed by atoms with Crippen LogP contribution in [0, 0.1) is 0 Å². The molecule has 0 aromatic heterocycles. The summed E-state index contributed by atoms with van der Waals surface area (Å²) < 4.78 is 0. The van der Waals surface area contributed by atoms with Gasteiger partial charge in [-0.1, -0.05) is 284 Å². The molecule has 0 amide bonds. The van der Waals surface area contributed by atoms with Gasteiger partial charge in [-0.25, -0.2) is 0 Å². The van der Waals surface area contributed by atoms with Crippen molar-refractivity contribution in [1.29, 1.82) is 0 Å². The molecule has 0 bridgehead atoms. The maximum atomic E-state index is 2.40. The summed E-state index contributed by atoms with van der Waals surface area (Å²) in [5, 5.41) is 0. The molecule has 0 aliphatic rings. The van der Waals surface area contributed by atoms with Gasteiger partial charge in [0, 0.05) is 0 Å². The lowest BCUT2D eigenvalue weighted by Gasteiger charge is -2.00. The highest BCUT2D eigenvalue weighted by molar-refractivity contribution is 5.34. The highest BCUT2D eigenvalue weighted by Gasteiger charge is 1.94. The molecule has 0 aromatic rings. The third kappa shape index (κ3) is 56.5. The summed E-state index contributed by atoms with van der Waals surface area (Å²) in [4.78, 5) is 0. The lowest BCUT2D eigenvalue weighted by Crippen LogP contribution is -1.80. The molecule has 0 heterocycles. The van der Waals surface area contributed by atoms with Crippen molar-refractivity contribution in [3.05, 3.63) is 284 Å². The second kappa shape index (κ2) is 50.9. The van der Waals surface area contributed by atoms with E-state index in [1.165, 1.54) is 102 Å². The fraction of sp³-hybridized carbons (Fsp3) is 0.400. The van der Waals surface area contributed by atoms with E-state index in [1.807, 2.05) is 0 Å². The first-order chi connectivity index (χ1) is 38.0. The summed E-state index contributed by atoms with van der Waals surface area (Å²) in [6.07, 6.45) is 83.6. The van der Waals surface area contributed by atoms with Gasteiger partial charge in [-0.3, -0.25) is 0 Å². The fourth-order valence-electron chi connectivity index (χ4n) is 7.31. The molecule has 0 unspecified atom stereocenters. The second-order valence-electron chi connectivity index (χ2n) is 22.9. The van der Waals surface area contributed by atoms with Gasteiger partial charge in [-0.15, -0.1) is 0 Å². The van der Waals surface area contributed by atoms with Crippen LogP contribution in [0.5, 0.6) is 0 Å². The topological polar surface area (TPSA) is 0 Å². The van der Waals surface area contributed by atoms with E-state index in [-0.39, 0.29) is 0 Å². The molecule has 0 saturated carbocycles. The molecule has 80 heavy (non-hydrogen) atoms. The van der Waals surface area contributed by atoms with Crippen LogP contribution in [-0.2, 0) is 0 Å². The summed E-state index contributed by atoms with van der Waals surface area (Å²) in [6.45, 7) is 43.4. The highest BCUT2D eigenvalue weighted by Crippen LogP contribution is 2.15. The van der Waals surface area contributed by atoms with E-state index >= 15 is 0 Å². The molecule has 0 aliphatic heterocycles. The van der Waals surface area contributed by atoms with Crippen LogP contribution < -0.4 is 0 Å². The van der Waals surface area contributed by atoms with Crippen molar-refractivity contribution in [3.63, 3.8) is 0 Å². The van der Waals surface area contributed by atoms with Crippen molar-refractivity contribution < 1.29 is 0 Å². The van der Waals surface area contributed by atoms with Gasteiger partial charge in [0.25, 0.3) is 0 Å². The van der Waals surface area contributed by atoms with E-state index in [0.29, 0.717) is 0 Å². The van der Waals surface area contributed by atoms with E-state index in [0.717, 1.165) is 64.2 Å². The Morgan fingerprint density at radius 3 is 0.537 bits per heavy atom. The SMILES string of the molecule is CC(C)=CCC/C(C)=C/C=C/C(C)=C/C=C/C(C)=C/C=C/C=C(C)/C=C/C=C(C)/C=C/C=C(\C)CCC=C(C)C.CC(C)=CCC/C(C)=C/CC/C(C)=C/C=C/C(C)=C/C=C/C=C(C)/C=C/C=C(\C)CC/C=C(\C)CCC=C(C)C. The average Bonchev–Trinajstić information content (AvgIpc) is 3.36. The van der Waals surface area contributed by atoms with Crippen LogP contribution in [0.4, 0.5) is 0 Å². The van der Waals surface area contributed by atoms with Crippen LogP contribution in [-0.4, -0.2) is 0 Å². The predicted molar refractivity (Wildman–Crippen MR) is 371 cm³/mol. The summed E-state index contributed by atoms with van der Waals surface area (Å²) in [7, 11) is 0. The van der Waals surface area contributed by atoms with Gasteiger partial charge in [-0.05, 0) is 216 Å². The zero-order chi connectivity index (χ0) is 60.4. The van der Waals surface area contributed by atoms with Gasteiger partial charge in [0.2, 0.25) is 0 Å². The van der Waals surface area contributed by atoms with E-state index < -0.39 is 0 Å². The molecule has 0 fully saturated rings. The summed E-state index contributed by atoms with van der Waals surface area (Å²) >= 11 is 0. The quantitative estimate of drug-likeness (QED) is 0.0445. The minimum absolute atomic E-state index is 1.12. The van der Waals surface area contributed by atoms with Crippen molar-refractivity contribution in [2.24, 2.45) is 0 Å². The van der Waals surface area contributed by atoms with Gasteiger partial charge in [-0.2, -0.15) is 0 Å². The van der Waals surface area contributed by atoms with Crippen molar-refractivity contribution >= 4 is 0 Å². The Morgan fingerprint density at radius 1 is 0.175 bits per heavy atom. The number of hydrogen-bond acceptors (Lipinski definition) is 0. The van der Waals surface area contributed by atoms with E-state index in [1.54, 1.807) is 0 Å². The molecule has 436 valence electrons. The van der Waals surface area contributed by atoms with E-state index in [4.69, 9.17) is 0 Å². The molecule has 0 N–H and O–H groups in total. The minimum atomic E-state index is 1.12. The number of rotatable bonds is 34. The van der Waals surface area contributed by atoms with Crippen molar-refractivity contribution in [3.8, 4) is 0 Å². The summed E-state index contributed by atoms with van der Waals surface area (Å²) in [5.74, 6) is 0. The lowest BCUT2D eigenvalue weighted by molar-refractivity contribution is 0.918. The van der Waals surface area contributed by atoms with Crippen LogP contribution in [0.1, 0.15) is 216 Å². The zero-order valence-electron chi connectivity index (χ0n) is 55.0. The van der Waals surface area contributed by atoms with Gasteiger partial charge < -0.3 is 0 Å². The van der Waals surface area contributed by atoms with Gasteiger partial charge in [0.15, 0.2) is 0 Å². The Hall–Kier alpha value is -6.24. The Bertz CT molecular complexity index is 2380. The normalized spacial score (nSPS) is 14.8. The third-order valence-electron chi connectivity index (χ3n) is 12.5. The largest absolute Gasteiger partial charge is 0.0856 e. The van der Waals surface area contributed by atoms with Crippen molar-refractivity contribution in [1.82, 2.24) is 0 Å². The minimum Gasteiger partial charge on any atom is -0.0856 e. The second-order valence-corrected chi connectivity index (χ2v) is 22.9. The van der Waals surface area contributed by atoms with Gasteiger partial charge in [0.05, 0.1) is 0 Å². The first-order valence-electron chi connectivity index (χ1n) is 29.9. The molecule has 0 atom stereocenters. The molecule has 0 aromatic carbocycles. The maximum absolute atomic E-state index is 2.40. The molecule has 0 rings (SSSR count). The van der Waals surface area contributed by atoms with E-state index in [9.17, 15) is 0 Å². The Labute approximate surface area is 496 Å². The molecular formula is C80H116. The molecule has 0 saturated heterocycles. The third-order valence-corrected chi connectivity index (χ3v) is 12.5. The zero-order valence-corrected chi connectivity index (χ0v) is 55.0. The predicted octanol–water partition coefficient (Wildman–Crippen LogP) is 26.3.